The number of aromatic nitrogens is 1. The second kappa shape index (κ2) is 2.91. The van der Waals surface area contributed by atoms with Crippen molar-refractivity contribution in [3.05, 3.63) is 15.9 Å². The molecule has 0 aromatic carbocycles. The molecule has 4 heteroatoms. The van der Waals surface area contributed by atoms with Crippen molar-refractivity contribution in [2.24, 2.45) is 0 Å². The van der Waals surface area contributed by atoms with Gasteiger partial charge in [0.25, 0.3) is 5.76 Å². The van der Waals surface area contributed by atoms with E-state index in [9.17, 15) is 0 Å². The third-order valence-electron chi connectivity index (χ3n) is 1.45. The molecule has 1 rings (SSSR count). The van der Waals surface area contributed by atoms with Gasteiger partial charge < -0.3 is 4.52 Å². The van der Waals surface area contributed by atoms with E-state index >= 15 is 0 Å². The normalized spacial score (nSPS) is 11.2. The molecule has 0 atom stereocenters. The minimum Gasteiger partial charge on any atom is -0.344 e. The van der Waals surface area contributed by atoms with Crippen LogP contribution < -0.4 is 0 Å². The first kappa shape index (κ1) is 9.27. The highest BCUT2D eigenvalue weighted by Gasteiger charge is 2.24. The number of hydrogen-bond acceptors (Lipinski definition) is 3. The molecule has 1 heterocycles. The SMILES string of the molecule is CC(C)(C)c1noc(C#N)c1Br. The van der Waals surface area contributed by atoms with Gasteiger partial charge in [0.1, 0.15) is 11.8 Å². The van der Waals surface area contributed by atoms with Gasteiger partial charge in [-0.1, -0.05) is 25.9 Å². The predicted molar refractivity (Wildman–Crippen MR) is 47.6 cm³/mol. The second-order valence-electron chi connectivity index (χ2n) is 3.54. The van der Waals surface area contributed by atoms with E-state index in [-0.39, 0.29) is 11.2 Å². The molecule has 12 heavy (non-hydrogen) atoms. The second-order valence-corrected chi connectivity index (χ2v) is 4.33. The van der Waals surface area contributed by atoms with Crippen molar-refractivity contribution in [2.75, 3.05) is 0 Å². The van der Waals surface area contributed by atoms with Crippen LogP contribution in [0.25, 0.3) is 0 Å². The molecule has 0 aliphatic heterocycles. The average Bonchev–Trinajstić information content (AvgIpc) is 2.29. The molecular weight excluding hydrogens is 220 g/mol. The van der Waals surface area contributed by atoms with Gasteiger partial charge in [0, 0.05) is 5.41 Å². The molecule has 0 unspecified atom stereocenters. The van der Waals surface area contributed by atoms with E-state index in [1.807, 2.05) is 26.8 Å². The van der Waals surface area contributed by atoms with E-state index in [0.717, 1.165) is 5.69 Å². The van der Waals surface area contributed by atoms with E-state index in [1.54, 1.807) is 0 Å². The highest BCUT2D eigenvalue weighted by Crippen LogP contribution is 2.30. The summed E-state index contributed by atoms with van der Waals surface area (Å²) in [6.07, 6.45) is 0. The topological polar surface area (TPSA) is 49.8 Å². The van der Waals surface area contributed by atoms with Gasteiger partial charge in [0.15, 0.2) is 0 Å². The summed E-state index contributed by atoms with van der Waals surface area (Å²) in [5, 5.41) is 12.4. The summed E-state index contributed by atoms with van der Waals surface area (Å²) in [5.74, 6) is 0.236. The Morgan fingerprint density at radius 2 is 2.08 bits per heavy atom. The van der Waals surface area contributed by atoms with Gasteiger partial charge in [-0.25, -0.2) is 0 Å². The zero-order valence-corrected chi connectivity index (χ0v) is 8.77. The first-order chi connectivity index (χ1) is 5.46. The lowest BCUT2D eigenvalue weighted by molar-refractivity contribution is 0.385. The summed E-state index contributed by atoms with van der Waals surface area (Å²) >= 11 is 3.27. The molecular formula is C8H9BrN2O. The lowest BCUT2D eigenvalue weighted by atomic mass is 9.92. The van der Waals surface area contributed by atoms with Crippen LogP contribution in [0.15, 0.2) is 9.00 Å². The average molecular weight is 229 g/mol. The summed E-state index contributed by atoms with van der Waals surface area (Å²) in [4.78, 5) is 0. The zero-order valence-electron chi connectivity index (χ0n) is 7.18. The van der Waals surface area contributed by atoms with Crippen molar-refractivity contribution in [3.8, 4) is 6.07 Å². The van der Waals surface area contributed by atoms with Crippen LogP contribution in [0.4, 0.5) is 0 Å². The molecule has 0 bridgehead atoms. The van der Waals surface area contributed by atoms with E-state index in [0.29, 0.717) is 4.47 Å². The number of nitrogens with zero attached hydrogens (tertiary/aromatic N) is 2. The van der Waals surface area contributed by atoms with E-state index in [1.165, 1.54) is 0 Å². The van der Waals surface area contributed by atoms with Crippen LogP contribution in [0.5, 0.6) is 0 Å². The van der Waals surface area contributed by atoms with Crippen LogP contribution in [0, 0.1) is 11.3 Å². The predicted octanol–water partition coefficient (Wildman–Crippen LogP) is 2.61. The van der Waals surface area contributed by atoms with Crippen molar-refractivity contribution in [1.29, 1.82) is 5.26 Å². The number of nitriles is 1. The Balaban J connectivity index is 3.22. The maximum absolute atomic E-state index is 8.58. The Hall–Kier alpha value is -0.820. The molecule has 0 saturated heterocycles. The molecule has 0 amide bonds. The van der Waals surface area contributed by atoms with Gasteiger partial charge in [0.2, 0.25) is 0 Å². The lowest BCUT2D eigenvalue weighted by Crippen LogP contribution is -2.12. The van der Waals surface area contributed by atoms with Crippen LogP contribution in [0.1, 0.15) is 32.2 Å². The van der Waals surface area contributed by atoms with Gasteiger partial charge >= 0.3 is 0 Å². The fourth-order valence-electron chi connectivity index (χ4n) is 0.815. The monoisotopic (exact) mass is 228 g/mol. The van der Waals surface area contributed by atoms with E-state index < -0.39 is 0 Å². The maximum Gasteiger partial charge on any atom is 0.250 e. The van der Waals surface area contributed by atoms with Crippen LogP contribution in [-0.4, -0.2) is 5.16 Å². The van der Waals surface area contributed by atoms with Gasteiger partial charge in [-0.2, -0.15) is 5.26 Å². The van der Waals surface area contributed by atoms with Crippen molar-refractivity contribution in [1.82, 2.24) is 5.16 Å². The fraction of sp³-hybridized carbons (Fsp3) is 0.500. The Bertz CT molecular complexity index is 330. The highest BCUT2D eigenvalue weighted by atomic mass is 79.9. The van der Waals surface area contributed by atoms with E-state index in [2.05, 4.69) is 21.1 Å². The van der Waals surface area contributed by atoms with Gasteiger partial charge in [-0.05, 0) is 15.9 Å². The van der Waals surface area contributed by atoms with Crippen molar-refractivity contribution < 1.29 is 4.52 Å². The minimum atomic E-state index is -0.0998. The Morgan fingerprint density at radius 3 is 2.33 bits per heavy atom. The van der Waals surface area contributed by atoms with E-state index in [4.69, 9.17) is 9.78 Å². The first-order valence-electron chi connectivity index (χ1n) is 3.52. The van der Waals surface area contributed by atoms with Crippen LogP contribution in [0.3, 0.4) is 0 Å². The zero-order chi connectivity index (χ0) is 9.35. The Kier molecular flexibility index (Phi) is 2.25. The number of rotatable bonds is 0. The van der Waals surface area contributed by atoms with Crippen LogP contribution >= 0.6 is 15.9 Å². The van der Waals surface area contributed by atoms with Crippen LogP contribution in [0.2, 0.25) is 0 Å². The summed E-state index contributed by atoms with van der Waals surface area (Å²) in [6.45, 7) is 6.03. The third-order valence-corrected chi connectivity index (χ3v) is 2.18. The molecule has 0 radical (unpaired) electrons. The summed E-state index contributed by atoms with van der Waals surface area (Å²) in [5.41, 5.74) is 0.677. The maximum atomic E-state index is 8.58. The standard InChI is InChI=1S/C8H9BrN2O/c1-8(2,3)7-6(9)5(4-10)12-11-7/h1-3H3. The quantitative estimate of drug-likeness (QED) is 0.686. The molecule has 3 nitrogen and oxygen atoms in total. The number of halogens is 1. The minimum absolute atomic E-state index is 0.0998. The molecule has 0 fully saturated rings. The Morgan fingerprint density at radius 1 is 1.50 bits per heavy atom. The molecule has 0 aliphatic carbocycles. The van der Waals surface area contributed by atoms with Crippen molar-refractivity contribution in [2.45, 2.75) is 26.2 Å². The summed E-state index contributed by atoms with van der Waals surface area (Å²) in [6, 6.07) is 1.91. The van der Waals surface area contributed by atoms with Crippen molar-refractivity contribution in [3.63, 3.8) is 0 Å². The fourth-order valence-corrected chi connectivity index (χ4v) is 1.64. The largest absolute Gasteiger partial charge is 0.344 e. The summed E-state index contributed by atoms with van der Waals surface area (Å²) in [7, 11) is 0. The van der Waals surface area contributed by atoms with Crippen LogP contribution in [-0.2, 0) is 5.41 Å². The molecule has 1 aromatic rings. The first-order valence-corrected chi connectivity index (χ1v) is 4.32. The molecule has 0 spiro atoms. The highest BCUT2D eigenvalue weighted by molar-refractivity contribution is 9.10. The third kappa shape index (κ3) is 1.51. The summed E-state index contributed by atoms with van der Waals surface area (Å²) < 4.78 is 5.48. The molecule has 1 aromatic heterocycles. The van der Waals surface area contributed by atoms with Gasteiger partial charge in [-0.3, -0.25) is 0 Å². The Labute approximate surface area is 79.5 Å². The van der Waals surface area contributed by atoms with Gasteiger partial charge in [-0.15, -0.1) is 0 Å². The lowest BCUT2D eigenvalue weighted by Gasteiger charge is -2.13. The molecule has 0 saturated carbocycles. The molecule has 64 valence electrons. The number of hydrogen-bond donors (Lipinski definition) is 0. The molecule has 0 aliphatic rings. The van der Waals surface area contributed by atoms with Gasteiger partial charge in [0.05, 0.1) is 4.47 Å². The molecule has 0 N–H and O–H groups in total. The van der Waals surface area contributed by atoms with Crippen molar-refractivity contribution >= 4 is 15.9 Å². The smallest absolute Gasteiger partial charge is 0.250 e.